The Morgan fingerprint density at radius 3 is 2.40 bits per heavy atom. The summed E-state index contributed by atoms with van der Waals surface area (Å²) in [6.07, 6.45) is 3.91. The fourth-order valence-corrected chi connectivity index (χ4v) is 1.39. The van der Waals surface area contributed by atoms with Crippen LogP contribution >= 0.6 is 12.4 Å². The van der Waals surface area contributed by atoms with Gasteiger partial charge in [0.25, 0.3) is 0 Å². The van der Waals surface area contributed by atoms with Crippen LogP contribution in [0, 0.1) is 0 Å². The molecule has 0 aliphatic heterocycles. The maximum Gasteiger partial charge on any atom is 0.121 e. The molecule has 1 aromatic carbocycles. The number of nitrogen functional groups attached to an aromatic ring is 1. The summed E-state index contributed by atoms with van der Waals surface area (Å²) in [5.41, 5.74) is 7.56. The maximum atomic E-state index is 5.89. The second kappa shape index (κ2) is 4.75. The van der Waals surface area contributed by atoms with Crippen molar-refractivity contribution in [2.24, 2.45) is 0 Å². The van der Waals surface area contributed by atoms with E-state index in [-0.39, 0.29) is 12.4 Å². The lowest BCUT2D eigenvalue weighted by Crippen LogP contribution is -1.97. The number of benzene rings is 1. The Kier molecular flexibility index (Phi) is 3.63. The van der Waals surface area contributed by atoms with Crippen molar-refractivity contribution in [3.05, 3.63) is 42.7 Å². The van der Waals surface area contributed by atoms with Crippen LogP contribution < -0.4 is 10.5 Å². The molecule has 2 N–H and O–H groups in total. The Morgan fingerprint density at radius 1 is 1.20 bits per heavy atom. The van der Waals surface area contributed by atoms with E-state index >= 15 is 0 Å². The van der Waals surface area contributed by atoms with Crippen LogP contribution in [-0.2, 0) is 0 Å². The van der Waals surface area contributed by atoms with E-state index in [1.165, 1.54) is 0 Å². The molecular weight excluding hydrogens is 212 g/mol. The quantitative estimate of drug-likeness (QED) is 0.797. The van der Waals surface area contributed by atoms with Crippen molar-refractivity contribution in [1.82, 2.24) is 4.57 Å². The predicted octanol–water partition coefficient (Wildman–Crippen LogP) is 2.49. The highest BCUT2D eigenvalue weighted by atomic mass is 35.5. The van der Waals surface area contributed by atoms with E-state index in [1.807, 2.05) is 47.3 Å². The lowest BCUT2D eigenvalue weighted by atomic mass is 10.2. The van der Waals surface area contributed by atoms with Crippen molar-refractivity contribution < 1.29 is 4.74 Å². The molecule has 0 fully saturated rings. The van der Waals surface area contributed by atoms with Crippen LogP contribution in [0.15, 0.2) is 42.7 Å². The number of nitrogens with two attached hydrogens (primary N) is 1. The van der Waals surface area contributed by atoms with Gasteiger partial charge in [0.05, 0.1) is 18.5 Å². The normalized spacial score (nSPS) is 9.40. The first-order valence-corrected chi connectivity index (χ1v) is 4.38. The number of nitrogens with zero attached hydrogens (tertiary/aromatic N) is 1. The van der Waals surface area contributed by atoms with Gasteiger partial charge < -0.3 is 15.0 Å². The van der Waals surface area contributed by atoms with E-state index in [0.717, 1.165) is 11.4 Å². The number of anilines is 1. The number of methoxy groups -OCH3 is 1. The highest BCUT2D eigenvalue weighted by molar-refractivity contribution is 5.85. The van der Waals surface area contributed by atoms with Crippen LogP contribution in [0.5, 0.6) is 5.75 Å². The molecule has 0 spiro atoms. The zero-order valence-electron chi connectivity index (χ0n) is 8.38. The van der Waals surface area contributed by atoms with Gasteiger partial charge >= 0.3 is 0 Å². The molecule has 2 rings (SSSR count). The summed E-state index contributed by atoms with van der Waals surface area (Å²) in [6, 6.07) is 9.57. The van der Waals surface area contributed by atoms with Gasteiger partial charge in [0.2, 0.25) is 0 Å². The minimum atomic E-state index is 0. The summed E-state index contributed by atoms with van der Waals surface area (Å²) >= 11 is 0. The first-order chi connectivity index (χ1) is 6.81. The van der Waals surface area contributed by atoms with E-state index in [1.54, 1.807) is 7.11 Å². The summed E-state index contributed by atoms with van der Waals surface area (Å²) in [4.78, 5) is 0. The third kappa shape index (κ3) is 2.25. The smallest absolute Gasteiger partial charge is 0.121 e. The minimum Gasteiger partial charge on any atom is -0.497 e. The van der Waals surface area contributed by atoms with Crippen LogP contribution in [0.3, 0.4) is 0 Å². The van der Waals surface area contributed by atoms with Gasteiger partial charge in [0.1, 0.15) is 5.75 Å². The molecule has 0 bridgehead atoms. The lowest BCUT2D eigenvalue weighted by molar-refractivity contribution is 0.415. The fourth-order valence-electron chi connectivity index (χ4n) is 1.39. The number of ether oxygens (including phenoxy) is 1. The standard InChI is InChI=1S/C11H12N2O.ClH/c1-14-9-4-5-11(10(12)8-9)13-6-2-3-7-13;/h2-8H,12H2,1H3;1H. The highest BCUT2D eigenvalue weighted by Gasteiger charge is 2.01. The van der Waals surface area contributed by atoms with Crippen molar-refractivity contribution in [3.8, 4) is 11.4 Å². The molecule has 0 radical (unpaired) electrons. The SMILES string of the molecule is COc1ccc(-n2cccc2)c(N)c1.Cl. The topological polar surface area (TPSA) is 40.2 Å². The summed E-state index contributed by atoms with van der Waals surface area (Å²) in [6.45, 7) is 0. The molecular formula is C11H13ClN2O. The first-order valence-electron chi connectivity index (χ1n) is 4.38. The Hall–Kier alpha value is -1.61. The zero-order chi connectivity index (χ0) is 9.97. The van der Waals surface area contributed by atoms with Gasteiger partial charge in [-0.1, -0.05) is 0 Å². The van der Waals surface area contributed by atoms with Gasteiger partial charge in [-0.05, 0) is 24.3 Å². The molecule has 0 unspecified atom stereocenters. The number of aromatic nitrogens is 1. The molecule has 0 saturated heterocycles. The van der Waals surface area contributed by atoms with Crippen LogP contribution in [0.25, 0.3) is 5.69 Å². The number of halogens is 1. The largest absolute Gasteiger partial charge is 0.497 e. The van der Waals surface area contributed by atoms with Crippen molar-refractivity contribution >= 4 is 18.1 Å². The monoisotopic (exact) mass is 224 g/mol. The maximum absolute atomic E-state index is 5.89. The average molecular weight is 225 g/mol. The van der Waals surface area contributed by atoms with E-state index in [0.29, 0.717) is 5.69 Å². The predicted molar refractivity (Wildman–Crippen MR) is 64.0 cm³/mol. The Bertz CT molecular complexity index is 426. The summed E-state index contributed by atoms with van der Waals surface area (Å²) in [7, 11) is 1.63. The van der Waals surface area contributed by atoms with Gasteiger partial charge in [0.15, 0.2) is 0 Å². The van der Waals surface area contributed by atoms with Crippen molar-refractivity contribution in [1.29, 1.82) is 0 Å². The Morgan fingerprint density at radius 2 is 1.87 bits per heavy atom. The first kappa shape index (κ1) is 11.5. The van der Waals surface area contributed by atoms with Crippen LogP contribution in [0.1, 0.15) is 0 Å². The van der Waals surface area contributed by atoms with Gasteiger partial charge in [-0.25, -0.2) is 0 Å². The van der Waals surface area contributed by atoms with Gasteiger partial charge in [-0.3, -0.25) is 0 Å². The third-order valence-electron chi connectivity index (χ3n) is 2.12. The molecule has 4 heteroatoms. The van der Waals surface area contributed by atoms with E-state index in [2.05, 4.69) is 0 Å². The third-order valence-corrected chi connectivity index (χ3v) is 2.12. The van der Waals surface area contributed by atoms with E-state index in [4.69, 9.17) is 10.5 Å². The van der Waals surface area contributed by atoms with Crippen molar-refractivity contribution in [3.63, 3.8) is 0 Å². The van der Waals surface area contributed by atoms with E-state index in [9.17, 15) is 0 Å². The fraction of sp³-hybridized carbons (Fsp3) is 0.0909. The number of hydrogen-bond acceptors (Lipinski definition) is 2. The van der Waals surface area contributed by atoms with Crippen molar-refractivity contribution in [2.75, 3.05) is 12.8 Å². The Balaban J connectivity index is 0.00000112. The van der Waals surface area contributed by atoms with Gasteiger partial charge in [0, 0.05) is 18.5 Å². The second-order valence-electron chi connectivity index (χ2n) is 3.02. The summed E-state index contributed by atoms with van der Waals surface area (Å²) in [5, 5.41) is 0. The molecule has 80 valence electrons. The molecule has 0 aliphatic rings. The van der Waals surface area contributed by atoms with Crippen LogP contribution in [0.2, 0.25) is 0 Å². The molecule has 2 aromatic rings. The van der Waals surface area contributed by atoms with Crippen LogP contribution in [-0.4, -0.2) is 11.7 Å². The molecule has 0 amide bonds. The molecule has 0 atom stereocenters. The number of hydrogen-bond donors (Lipinski definition) is 1. The molecule has 0 aliphatic carbocycles. The Labute approximate surface area is 94.9 Å². The molecule has 1 aromatic heterocycles. The van der Waals surface area contributed by atoms with Gasteiger partial charge in [-0.15, -0.1) is 12.4 Å². The van der Waals surface area contributed by atoms with Crippen LogP contribution in [0.4, 0.5) is 5.69 Å². The van der Waals surface area contributed by atoms with E-state index < -0.39 is 0 Å². The molecule has 0 saturated carbocycles. The number of rotatable bonds is 2. The van der Waals surface area contributed by atoms with Gasteiger partial charge in [-0.2, -0.15) is 0 Å². The lowest BCUT2D eigenvalue weighted by Gasteiger charge is -2.08. The zero-order valence-corrected chi connectivity index (χ0v) is 9.20. The molecule has 1 heterocycles. The molecule has 15 heavy (non-hydrogen) atoms. The second-order valence-corrected chi connectivity index (χ2v) is 3.02. The summed E-state index contributed by atoms with van der Waals surface area (Å²) < 4.78 is 7.05. The summed E-state index contributed by atoms with van der Waals surface area (Å²) in [5.74, 6) is 0.776. The average Bonchev–Trinajstić information content (AvgIpc) is 2.70. The molecule has 3 nitrogen and oxygen atoms in total. The highest BCUT2D eigenvalue weighted by Crippen LogP contribution is 2.22. The minimum absolute atomic E-state index is 0. The van der Waals surface area contributed by atoms with Crippen molar-refractivity contribution in [2.45, 2.75) is 0 Å².